The molecule has 2 aromatic carbocycles. The van der Waals surface area contributed by atoms with Crippen LogP contribution in [0.1, 0.15) is 38.7 Å². The minimum atomic E-state index is -0.0457. The van der Waals surface area contributed by atoms with E-state index < -0.39 is 0 Å². The molecule has 5 heteroatoms. The van der Waals surface area contributed by atoms with Gasteiger partial charge >= 0.3 is 0 Å². The van der Waals surface area contributed by atoms with Crippen LogP contribution >= 0.6 is 0 Å². The lowest BCUT2D eigenvalue weighted by atomic mass is 9.95. The summed E-state index contributed by atoms with van der Waals surface area (Å²) in [5.74, 6) is 6.23. The predicted molar refractivity (Wildman–Crippen MR) is 105 cm³/mol. The number of benzene rings is 2. The van der Waals surface area contributed by atoms with Crippen LogP contribution in [0.2, 0.25) is 0 Å². The molecule has 5 nitrogen and oxygen atoms in total. The quantitative estimate of drug-likeness (QED) is 0.474. The first kappa shape index (κ1) is 18.7. The van der Waals surface area contributed by atoms with Gasteiger partial charge in [0.1, 0.15) is 5.75 Å². The number of nitrogens with two attached hydrogens (primary N) is 1. The second-order valence-corrected chi connectivity index (χ2v) is 7.16. The summed E-state index contributed by atoms with van der Waals surface area (Å²) in [6.45, 7) is 6.87. The average Bonchev–Trinajstić information content (AvgIpc) is 2.69. The molecule has 1 heterocycles. The number of nitrogens with one attached hydrogen (secondary N) is 1. The third kappa shape index (κ3) is 4.17. The summed E-state index contributed by atoms with van der Waals surface area (Å²) in [6.07, 6.45) is 2.85. The fourth-order valence-corrected chi connectivity index (χ4v) is 3.58. The number of hydrazine groups is 1. The topological polar surface area (TPSA) is 67.6 Å². The van der Waals surface area contributed by atoms with Crippen molar-refractivity contribution in [2.75, 3.05) is 13.1 Å². The van der Waals surface area contributed by atoms with Crippen molar-refractivity contribution >= 4 is 16.7 Å². The Labute approximate surface area is 155 Å². The van der Waals surface area contributed by atoms with Crippen LogP contribution in [0.15, 0.2) is 36.4 Å². The van der Waals surface area contributed by atoms with Gasteiger partial charge in [0, 0.05) is 18.0 Å². The van der Waals surface area contributed by atoms with E-state index >= 15 is 0 Å². The average molecular weight is 355 g/mol. The Kier molecular flexibility index (Phi) is 6.12. The van der Waals surface area contributed by atoms with E-state index in [1.807, 2.05) is 0 Å². The lowest BCUT2D eigenvalue weighted by molar-refractivity contribution is -0.126. The highest BCUT2D eigenvalue weighted by Crippen LogP contribution is 2.31. The van der Waals surface area contributed by atoms with E-state index in [4.69, 9.17) is 10.6 Å². The summed E-state index contributed by atoms with van der Waals surface area (Å²) in [5, 5.41) is 2.48. The Morgan fingerprint density at radius 3 is 2.69 bits per heavy atom. The Hall–Kier alpha value is -2.11. The van der Waals surface area contributed by atoms with Crippen LogP contribution in [-0.4, -0.2) is 30.0 Å². The molecule has 0 bridgehead atoms. The zero-order chi connectivity index (χ0) is 18.5. The van der Waals surface area contributed by atoms with E-state index in [1.54, 1.807) is 0 Å². The van der Waals surface area contributed by atoms with Crippen LogP contribution < -0.4 is 16.0 Å². The van der Waals surface area contributed by atoms with E-state index in [9.17, 15) is 4.79 Å². The van der Waals surface area contributed by atoms with Gasteiger partial charge in [-0.05, 0) is 56.1 Å². The van der Waals surface area contributed by atoms with Gasteiger partial charge in [0.05, 0.1) is 6.10 Å². The molecule has 140 valence electrons. The van der Waals surface area contributed by atoms with E-state index in [-0.39, 0.29) is 17.9 Å². The van der Waals surface area contributed by atoms with Crippen molar-refractivity contribution in [1.82, 2.24) is 10.3 Å². The number of piperidine rings is 1. The molecule has 1 atom stereocenters. The van der Waals surface area contributed by atoms with Crippen molar-refractivity contribution in [3.8, 4) is 5.75 Å². The molecule has 1 amide bonds. The molecule has 0 saturated carbocycles. The van der Waals surface area contributed by atoms with Crippen molar-refractivity contribution in [3.63, 3.8) is 0 Å². The van der Waals surface area contributed by atoms with E-state index in [2.05, 4.69) is 60.6 Å². The van der Waals surface area contributed by atoms with Crippen molar-refractivity contribution in [1.29, 1.82) is 0 Å². The summed E-state index contributed by atoms with van der Waals surface area (Å²) in [4.78, 5) is 14.1. The summed E-state index contributed by atoms with van der Waals surface area (Å²) in [6, 6.07) is 12.7. The van der Waals surface area contributed by atoms with Gasteiger partial charge in [-0.3, -0.25) is 15.1 Å². The highest BCUT2D eigenvalue weighted by Gasteiger charge is 2.25. The van der Waals surface area contributed by atoms with Gasteiger partial charge in [0.15, 0.2) is 0 Å². The first-order valence-corrected chi connectivity index (χ1v) is 9.52. The second-order valence-electron chi connectivity index (χ2n) is 7.16. The van der Waals surface area contributed by atoms with Crippen molar-refractivity contribution in [3.05, 3.63) is 42.0 Å². The molecular formula is C21H29N3O2. The molecular weight excluding hydrogens is 326 g/mol. The molecule has 2 aromatic rings. The minimum Gasteiger partial charge on any atom is -0.490 e. The standard InChI is InChI=1S/C21H29N3O2/c1-3-15(2)26-20-9-8-16-6-4-5-7-18(16)19(20)14-24-12-10-17(11-13-24)21(25)23-22/h4-9,15,17H,3,10-14,22H2,1-2H3,(H,23,25). The normalized spacial score (nSPS) is 17.2. The maximum atomic E-state index is 11.7. The van der Waals surface area contributed by atoms with E-state index in [0.29, 0.717) is 0 Å². The third-order valence-corrected chi connectivity index (χ3v) is 5.38. The molecule has 1 saturated heterocycles. The zero-order valence-electron chi connectivity index (χ0n) is 15.7. The SMILES string of the molecule is CCC(C)Oc1ccc2ccccc2c1CN1CCC(C(=O)NN)CC1. The Morgan fingerprint density at radius 2 is 2.00 bits per heavy atom. The largest absolute Gasteiger partial charge is 0.490 e. The Bertz CT molecular complexity index is 754. The molecule has 1 unspecified atom stereocenters. The maximum absolute atomic E-state index is 11.7. The van der Waals surface area contributed by atoms with E-state index in [0.717, 1.165) is 44.6 Å². The van der Waals surface area contributed by atoms with Gasteiger partial charge in [-0.25, -0.2) is 5.84 Å². The van der Waals surface area contributed by atoms with Gasteiger partial charge in [0.25, 0.3) is 0 Å². The van der Waals surface area contributed by atoms with Crippen molar-refractivity contribution in [2.24, 2.45) is 11.8 Å². The molecule has 1 aliphatic rings. The molecule has 1 aliphatic heterocycles. The number of fused-ring (bicyclic) bond motifs is 1. The van der Waals surface area contributed by atoms with Crippen LogP contribution in [0.3, 0.4) is 0 Å². The molecule has 3 N–H and O–H groups in total. The van der Waals surface area contributed by atoms with Crippen LogP contribution in [-0.2, 0) is 11.3 Å². The first-order chi connectivity index (χ1) is 12.6. The predicted octanol–water partition coefficient (Wildman–Crippen LogP) is 3.22. The highest BCUT2D eigenvalue weighted by atomic mass is 16.5. The third-order valence-electron chi connectivity index (χ3n) is 5.38. The Morgan fingerprint density at radius 1 is 1.27 bits per heavy atom. The number of amides is 1. The summed E-state index contributed by atoms with van der Waals surface area (Å²) in [5.41, 5.74) is 3.52. The number of ether oxygens (including phenoxy) is 1. The van der Waals surface area contributed by atoms with Crippen LogP contribution in [0, 0.1) is 5.92 Å². The molecule has 0 spiro atoms. The molecule has 1 fully saturated rings. The van der Waals surface area contributed by atoms with Crippen LogP contribution in [0.25, 0.3) is 10.8 Å². The number of carbonyl (C=O) groups excluding carboxylic acids is 1. The number of hydrogen-bond acceptors (Lipinski definition) is 4. The van der Waals surface area contributed by atoms with Gasteiger partial charge in [-0.15, -0.1) is 0 Å². The van der Waals surface area contributed by atoms with Crippen LogP contribution in [0.5, 0.6) is 5.75 Å². The highest BCUT2D eigenvalue weighted by molar-refractivity contribution is 5.87. The second kappa shape index (κ2) is 8.52. The number of hydrogen-bond donors (Lipinski definition) is 2. The smallest absolute Gasteiger partial charge is 0.237 e. The lowest BCUT2D eigenvalue weighted by Gasteiger charge is -2.32. The zero-order valence-corrected chi connectivity index (χ0v) is 15.7. The van der Waals surface area contributed by atoms with Crippen molar-refractivity contribution in [2.45, 2.75) is 45.8 Å². The Balaban J connectivity index is 1.81. The lowest BCUT2D eigenvalue weighted by Crippen LogP contribution is -2.42. The maximum Gasteiger partial charge on any atom is 0.237 e. The van der Waals surface area contributed by atoms with E-state index in [1.165, 1.54) is 16.3 Å². The van der Waals surface area contributed by atoms with Gasteiger partial charge in [0.2, 0.25) is 5.91 Å². The van der Waals surface area contributed by atoms with Crippen LogP contribution in [0.4, 0.5) is 0 Å². The summed E-state index contributed by atoms with van der Waals surface area (Å²) >= 11 is 0. The molecule has 0 aromatic heterocycles. The number of rotatable bonds is 6. The minimum absolute atomic E-state index is 0.0274. The fraction of sp³-hybridized carbons (Fsp3) is 0.476. The number of nitrogens with zero attached hydrogens (tertiary/aromatic N) is 1. The number of carbonyl (C=O) groups is 1. The monoisotopic (exact) mass is 355 g/mol. The molecule has 0 aliphatic carbocycles. The summed E-state index contributed by atoms with van der Waals surface area (Å²) < 4.78 is 6.21. The van der Waals surface area contributed by atoms with Crippen molar-refractivity contribution < 1.29 is 9.53 Å². The summed E-state index contributed by atoms with van der Waals surface area (Å²) in [7, 11) is 0. The molecule has 26 heavy (non-hydrogen) atoms. The van der Waals surface area contributed by atoms with Gasteiger partial charge in [-0.2, -0.15) is 0 Å². The first-order valence-electron chi connectivity index (χ1n) is 9.52. The number of likely N-dealkylation sites (tertiary alicyclic amines) is 1. The van der Waals surface area contributed by atoms with Gasteiger partial charge in [-0.1, -0.05) is 37.3 Å². The molecule has 0 radical (unpaired) electrons. The fourth-order valence-electron chi connectivity index (χ4n) is 3.58. The molecule has 3 rings (SSSR count). The van der Waals surface area contributed by atoms with Gasteiger partial charge < -0.3 is 4.74 Å².